The van der Waals surface area contributed by atoms with Crippen molar-refractivity contribution in [2.45, 2.75) is 32.6 Å². The van der Waals surface area contributed by atoms with Gasteiger partial charge in [0.2, 0.25) is 6.79 Å². The normalized spacial score (nSPS) is 15.9. The van der Waals surface area contributed by atoms with E-state index in [0.717, 1.165) is 74.7 Å². The first-order chi connectivity index (χ1) is 17.0. The number of hydrogen-bond donors (Lipinski definition) is 0. The number of ether oxygens (including phenoxy) is 3. The van der Waals surface area contributed by atoms with Crippen LogP contribution in [0.1, 0.15) is 31.7 Å². The molecule has 0 spiro atoms. The van der Waals surface area contributed by atoms with Gasteiger partial charge in [0.15, 0.2) is 5.90 Å². The van der Waals surface area contributed by atoms with Crippen LogP contribution in [0.4, 0.5) is 11.4 Å². The summed E-state index contributed by atoms with van der Waals surface area (Å²) in [5.41, 5.74) is 3.03. The third-order valence-corrected chi connectivity index (χ3v) is 6.99. The number of carbonyl (C=O) groups is 1. The number of aryl methyl sites for hydroxylation is 1. The third kappa shape index (κ3) is 7.26. The summed E-state index contributed by atoms with van der Waals surface area (Å²) in [6.45, 7) is 6.86. The van der Waals surface area contributed by atoms with Crippen molar-refractivity contribution in [2.24, 2.45) is 4.99 Å². The molecule has 0 bridgehead atoms. The number of halogens is 2. The lowest BCUT2D eigenvalue weighted by Gasteiger charge is -2.36. The molecule has 0 radical (unpaired) electrons. The molecule has 0 aromatic heterocycles. The minimum absolute atomic E-state index is 0.108. The van der Waals surface area contributed by atoms with Crippen molar-refractivity contribution in [2.75, 3.05) is 51.0 Å². The molecule has 0 atom stereocenters. The van der Waals surface area contributed by atoms with Gasteiger partial charge in [0.25, 0.3) is 0 Å². The molecule has 2 heterocycles. The fourth-order valence-corrected chi connectivity index (χ4v) is 4.66. The molecule has 4 rings (SSSR count). The molecule has 188 valence electrons. The first-order valence-corrected chi connectivity index (χ1v) is 12.8. The first kappa shape index (κ1) is 25.6. The predicted molar refractivity (Wildman–Crippen MR) is 139 cm³/mol. The second-order valence-corrected chi connectivity index (χ2v) is 9.44. The fourth-order valence-electron chi connectivity index (χ4n) is 4.24. The summed E-state index contributed by atoms with van der Waals surface area (Å²) in [5.74, 6) is 1.01. The van der Waals surface area contributed by atoms with Gasteiger partial charge in [-0.05, 0) is 49.6 Å². The summed E-state index contributed by atoms with van der Waals surface area (Å²) in [4.78, 5) is 20.2. The number of aliphatic imine (C=N–C) groups is 1. The van der Waals surface area contributed by atoms with Crippen LogP contribution in [0.5, 0.6) is 5.75 Å². The predicted octanol–water partition coefficient (Wildman–Crippen LogP) is 5.49. The van der Waals surface area contributed by atoms with E-state index < -0.39 is 0 Å². The number of hydrogen-bond acceptors (Lipinski definition) is 7. The van der Waals surface area contributed by atoms with E-state index in [-0.39, 0.29) is 12.8 Å². The van der Waals surface area contributed by atoms with Gasteiger partial charge in [-0.1, -0.05) is 35.3 Å². The number of carbonyl (C=O) groups excluding carboxylic acids is 1. The van der Waals surface area contributed by atoms with Gasteiger partial charge in [0.05, 0.1) is 28.0 Å². The van der Waals surface area contributed by atoms with Crippen LogP contribution < -0.4 is 9.64 Å². The Bertz CT molecular complexity index is 1050. The molecule has 2 aliphatic heterocycles. The number of fused-ring (bicyclic) bond motifs is 1. The summed E-state index contributed by atoms with van der Waals surface area (Å²) in [7, 11) is 0. The van der Waals surface area contributed by atoms with Crippen LogP contribution in [-0.2, 0) is 20.7 Å². The van der Waals surface area contributed by atoms with Gasteiger partial charge in [0, 0.05) is 45.6 Å². The number of nitrogens with zero attached hydrogens (tertiary/aromatic N) is 3. The number of anilines is 1. The van der Waals surface area contributed by atoms with Crippen LogP contribution in [-0.4, -0.2) is 62.9 Å². The Morgan fingerprint density at radius 3 is 2.66 bits per heavy atom. The smallest absolute Gasteiger partial charge is 0.305 e. The highest BCUT2D eigenvalue weighted by Crippen LogP contribution is 2.33. The second kappa shape index (κ2) is 12.5. The summed E-state index contributed by atoms with van der Waals surface area (Å²) >= 11 is 12.5. The maximum Gasteiger partial charge on any atom is 0.305 e. The summed E-state index contributed by atoms with van der Waals surface area (Å²) < 4.78 is 16.3. The lowest BCUT2D eigenvalue weighted by atomic mass is 10.0. The van der Waals surface area contributed by atoms with E-state index in [0.29, 0.717) is 29.0 Å². The summed E-state index contributed by atoms with van der Waals surface area (Å²) in [5, 5.41) is 1.24. The molecule has 9 heteroatoms. The van der Waals surface area contributed by atoms with Crippen molar-refractivity contribution in [3.63, 3.8) is 0 Å². The molecule has 0 amide bonds. The van der Waals surface area contributed by atoms with Crippen molar-refractivity contribution in [3.8, 4) is 5.75 Å². The SMILES string of the molecule is CC(=O)OCOC1=Nc2cc(OCCCCN3CCN(c4cccc(Cl)c4Cl)CC3)ccc2CC1. The molecule has 2 aromatic rings. The average Bonchev–Trinajstić information content (AvgIpc) is 2.85. The van der Waals surface area contributed by atoms with Gasteiger partial charge in [0.1, 0.15) is 5.75 Å². The minimum Gasteiger partial charge on any atom is -0.494 e. The zero-order valence-electron chi connectivity index (χ0n) is 20.0. The van der Waals surface area contributed by atoms with E-state index in [2.05, 4.69) is 20.9 Å². The van der Waals surface area contributed by atoms with Crippen molar-refractivity contribution in [3.05, 3.63) is 52.0 Å². The summed E-state index contributed by atoms with van der Waals surface area (Å²) in [6.07, 6.45) is 3.59. The van der Waals surface area contributed by atoms with E-state index >= 15 is 0 Å². The van der Waals surface area contributed by atoms with E-state index in [4.69, 9.17) is 37.4 Å². The Morgan fingerprint density at radius 1 is 1.03 bits per heavy atom. The van der Waals surface area contributed by atoms with Crippen LogP contribution in [0.2, 0.25) is 10.0 Å². The molecular weight excluding hydrogens is 489 g/mol. The number of piperazine rings is 1. The van der Waals surface area contributed by atoms with Gasteiger partial charge in [-0.2, -0.15) is 0 Å². The van der Waals surface area contributed by atoms with Gasteiger partial charge < -0.3 is 19.1 Å². The molecule has 2 aliphatic rings. The molecule has 35 heavy (non-hydrogen) atoms. The van der Waals surface area contributed by atoms with Crippen molar-refractivity contribution in [1.29, 1.82) is 0 Å². The first-order valence-electron chi connectivity index (χ1n) is 12.0. The van der Waals surface area contributed by atoms with Crippen LogP contribution in [0, 0.1) is 0 Å². The van der Waals surface area contributed by atoms with Crippen molar-refractivity contribution < 1.29 is 19.0 Å². The quantitative estimate of drug-likeness (QED) is 0.248. The van der Waals surface area contributed by atoms with E-state index in [1.54, 1.807) is 0 Å². The van der Waals surface area contributed by atoms with Crippen LogP contribution in [0.15, 0.2) is 41.4 Å². The minimum atomic E-state index is -0.373. The lowest BCUT2D eigenvalue weighted by Crippen LogP contribution is -2.46. The molecule has 0 unspecified atom stereocenters. The van der Waals surface area contributed by atoms with E-state index in [9.17, 15) is 4.79 Å². The van der Waals surface area contributed by atoms with Crippen LogP contribution >= 0.6 is 23.2 Å². The molecule has 1 fully saturated rings. The topological polar surface area (TPSA) is 63.6 Å². The maximum atomic E-state index is 10.9. The number of esters is 1. The Hall–Kier alpha value is -2.48. The van der Waals surface area contributed by atoms with Crippen LogP contribution in [0.3, 0.4) is 0 Å². The number of unbranched alkanes of at least 4 members (excludes halogenated alkanes) is 1. The highest BCUT2D eigenvalue weighted by molar-refractivity contribution is 6.43. The summed E-state index contributed by atoms with van der Waals surface area (Å²) in [6, 6.07) is 11.8. The zero-order chi connectivity index (χ0) is 24.6. The van der Waals surface area contributed by atoms with Gasteiger partial charge in [-0.3, -0.25) is 9.69 Å². The van der Waals surface area contributed by atoms with Gasteiger partial charge in [-0.15, -0.1) is 0 Å². The van der Waals surface area contributed by atoms with E-state index in [1.165, 1.54) is 6.92 Å². The monoisotopic (exact) mass is 519 g/mol. The maximum absolute atomic E-state index is 10.9. The number of benzene rings is 2. The highest BCUT2D eigenvalue weighted by atomic mass is 35.5. The Balaban J connectivity index is 1.16. The molecule has 0 N–H and O–H groups in total. The third-order valence-electron chi connectivity index (χ3n) is 6.18. The lowest BCUT2D eigenvalue weighted by molar-refractivity contribution is -0.148. The molecular formula is C26H31Cl2N3O4. The molecule has 2 aromatic carbocycles. The molecule has 0 saturated carbocycles. The standard InChI is InChI=1S/C26H31Cl2N3O4/c1-19(32)34-18-35-25-10-8-20-7-9-21(17-23(20)29-25)33-16-3-2-11-30-12-14-31(15-13-30)24-6-4-5-22(27)26(24)28/h4-7,9,17H,2-3,8,10-16,18H2,1H3. The average molecular weight is 520 g/mol. The molecule has 1 saturated heterocycles. The molecule has 0 aliphatic carbocycles. The van der Waals surface area contributed by atoms with Gasteiger partial charge >= 0.3 is 5.97 Å². The van der Waals surface area contributed by atoms with E-state index in [1.807, 2.05) is 30.3 Å². The van der Waals surface area contributed by atoms with Crippen molar-refractivity contribution in [1.82, 2.24) is 4.90 Å². The largest absolute Gasteiger partial charge is 0.494 e. The Morgan fingerprint density at radius 2 is 1.86 bits per heavy atom. The highest BCUT2D eigenvalue weighted by Gasteiger charge is 2.19. The van der Waals surface area contributed by atoms with Gasteiger partial charge in [-0.25, -0.2) is 4.99 Å². The second-order valence-electron chi connectivity index (χ2n) is 8.65. The zero-order valence-corrected chi connectivity index (χ0v) is 21.5. The van der Waals surface area contributed by atoms with Crippen LogP contribution in [0.25, 0.3) is 0 Å². The molecule has 7 nitrogen and oxygen atoms in total. The van der Waals surface area contributed by atoms with Crippen molar-refractivity contribution >= 4 is 46.4 Å². The number of rotatable bonds is 9. The Labute approximate surface area is 216 Å². The fraction of sp³-hybridized carbons (Fsp3) is 0.462. The Kier molecular flexibility index (Phi) is 9.12.